The highest BCUT2D eigenvalue weighted by atomic mass is 19.4. The number of alkyl halides is 3. The summed E-state index contributed by atoms with van der Waals surface area (Å²) in [4.78, 5) is 0. The van der Waals surface area contributed by atoms with Gasteiger partial charge >= 0.3 is 6.18 Å². The molecule has 2 aromatic rings. The maximum atomic E-state index is 14.0. The van der Waals surface area contributed by atoms with Crippen LogP contribution in [0.2, 0.25) is 0 Å². The number of rotatable bonds is 3. The maximum absolute atomic E-state index is 14.0. The molecule has 2 rings (SSSR count). The predicted molar refractivity (Wildman–Crippen MR) is 69.6 cm³/mol. The summed E-state index contributed by atoms with van der Waals surface area (Å²) in [6.45, 7) is 0.500. The lowest BCUT2D eigenvalue weighted by Gasteiger charge is -2.10. The van der Waals surface area contributed by atoms with E-state index in [4.69, 9.17) is 0 Å². The molecule has 0 bridgehead atoms. The van der Waals surface area contributed by atoms with Gasteiger partial charge in [0.05, 0.1) is 5.56 Å². The molecule has 0 amide bonds. The maximum Gasteiger partial charge on any atom is 0.416 e. The Morgan fingerprint density at radius 2 is 1.80 bits per heavy atom. The molecule has 0 aliphatic heterocycles. The van der Waals surface area contributed by atoms with E-state index in [-0.39, 0.29) is 11.1 Å². The summed E-state index contributed by atoms with van der Waals surface area (Å²) < 4.78 is 51.9. The van der Waals surface area contributed by atoms with E-state index in [1.165, 1.54) is 24.3 Å². The molecule has 0 aliphatic carbocycles. The fourth-order valence-corrected chi connectivity index (χ4v) is 1.97. The van der Waals surface area contributed by atoms with Gasteiger partial charge in [0.25, 0.3) is 0 Å². The van der Waals surface area contributed by atoms with E-state index in [1.807, 2.05) is 0 Å². The summed E-state index contributed by atoms with van der Waals surface area (Å²) in [5, 5.41) is 2.88. The topological polar surface area (TPSA) is 12.0 Å². The summed E-state index contributed by atoms with van der Waals surface area (Å²) in [6.07, 6.45) is -4.43. The molecule has 0 aromatic heterocycles. The van der Waals surface area contributed by atoms with Gasteiger partial charge in [0.1, 0.15) is 5.82 Å². The van der Waals surface area contributed by atoms with Crippen LogP contribution in [0.15, 0.2) is 42.5 Å². The van der Waals surface area contributed by atoms with E-state index in [2.05, 4.69) is 5.32 Å². The van der Waals surface area contributed by atoms with Crippen molar-refractivity contribution in [3.63, 3.8) is 0 Å². The van der Waals surface area contributed by atoms with Crippen molar-refractivity contribution >= 4 is 0 Å². The second-order valence-electron chi connectivity index (χ2n) is 4.42. The van der Waals surface area contributed by atoms with Crippen LogP contribution in [-0.4, -0.2) is 7.05 Å². The van der Waals surface area contributed by atoms with Crippen molar-refractivity contribution in [1.29, 1.82) is 0 Å². The fourth-order valence-electron chi connectivity index (χ4n) is 1.97. The predicted octanol–water partition coefficient (Wildman–Crippen LogP) is 4.23. The van der Waals surface area contributed by atoms with Crippen LogP contribution in [0.3, 0.4) is 0 Å². The van der Waals surface area contributed by atoms with Gasteiger partial charge in [-0.15, -0.1) is 0 Å². The van der Waals surface area contributed by atoms with Crippen molar-refractivity contribution in [3.8, 4) is 11.1 Å². The van der Waals surface area contributed by atoms with Crippen molar-refractivity contribution < 1.29 is 17.6 Å². The number of nitrogens with one attached hydrogen (secondary N) is 1. The second kappa shape index (κ2) is 5.63. The van der Waals surface area contributed by atoms with Crippen LogP contribution in [0.4, 0.5) is 17.6 Å². The summed E-state index contributed by atoms with van der Waals surface area (Å²) in [5.41, 5.74) is 0.332. The number of hydrogen-bond donors (Lipinski definition) is 1. The van der Waals surface area contributed by atoms with Crippen LogP contribution >= 0.6 is 0 Å². The van der Waals surface area contributed by atoms with Crippen LogP contribution in [-0.2, 0) is 12.7 Å². The Labute approximate surface area is 114 Å². The average Bonchev–Trinajstić information content (AvgIpc) is 2.38. The molecule has 0 heterocycles. The lowest BCUT2D eigenvalue weighted by molar-refractivity contribution is -0.137. The normalized spacial score (nSPS) is 11.7. The van der Waals surface area contributed by atoms with Gasteiger partial charge in [-0.3, -0.25) is 0 Å². The van der Waals surface area contributed by atoms with Crippen LogP contribution in [0.1, 0.15) is 11.1 Å². The molecule has 0 aliphatic rings. The highest BCUT2D eigenvalue weighted by Gasteiger charge is 2.30. The highest BCUT2D eigenvalue weighted by Crippen LogP contribution is 2.33. The van der Waals surface area contributed by atoms with Crippen molar-refractivity contribution in [2.24, 2.45) is 0 Å². The van der Waals surface area contributed by atoms with Gasteiger partial charge in [-0.25, -0.2) is 4.39 Å². The Hall–Kier alpha value is -1.88. The summed E-state index contributed by atoms with van der Waals surface area (Å²) >= 11 is 0. The van der Waals surface area contributed by atoms with Gasteiger partial charge in [-0.1, -0.05) is 24.3 Å². The number of hydrogen-bond acceptors (Lipinski definition) is 1. The Balaban J connectivity index is 2.41. The lowest BCUT2D eigenvalue weighted by atomic mass is 10.0. The third-order valence-electron chi connectivity index (χ3n) is 2.92. The van der Waals surface area contributed by atoms with E-state index < -0.39 is 17.6 Å². The molecular weight excluding hydrogens is 270 g/mol. The molecule has 0 spiro atoms. The lowest BCUT2D eigenvalue weighted by Crippen LogP contribution is -2.06. The van der Waals surface area contributed by atoms with Crippen LogP contribution < -0.4 is 5.32 Å². The third-order valence-corrected chi connectivity index (χ3v) is 2.92. The molecule has 0 saturated carbocycles. The molecular formula is C15H13F4N. The third kappa shape index (κ3) is 3.17. The average molecular weight is 283 g/mol. The summed E-state index contributed by atoms with van der Waals surface area (Å²) in [7, 11) is 1.73. The van der Waals surface area contributed by atoms with Crippen molar-refractivity contribution in [2.45, 2.75) is 12.7 Å². The highest BCUT2D eigenvalue weighted by molar-refractivity contribution is 5.65. The van der Waals surface area contributed by atoms with Gasteiger partial charge in [0, 0.05) is 12.1 Å². The monoisotopic (exact) mass is 283 g/mol. The van der Waals surface area contributed by atoms with Crippen molar-refractivity contribution in [2.75, 3.05) is 7.05 Å². The van der Waals surface area contributed by atoms with E-state index in [0.717, 1.165) is 17.7 Å². The minimum absolute atomic E-state index is 0.163. The van der Waals surface area contributed by atoms with Gasteiger partial charge in [-0.2, -0.15) is 13.2 Å². The van der Waals surface area contributed by atoms with E-state index in [1.54, 1.807) is 13.1 Å². The van der Waals surface area contributed by atoms with Crippen LogP contribution in [0, 0.1) is 5.82 Å². The standard InChI is InChI=1S/C15H13F4N/c1-20-9-10-5-6-13(14(16)7-10)11-3-2-4-12(8-11)15(17,18)19/h2-8,20H,9H2,1H3. The SMILES string of the molecule is CNCc1ccc(-c2cccc(C(F)(F)F)c2)c(F)c1. The first-order chi connectivity index (χ1) is 9.41. The zero-order valence-corrected chi connectivity index (χ0v) is 10.8. The number of halogens is 4. The molecule has 1 N–H and O–H groups in total. The molecule has 1 nitrogen and oxygen atoms in total. The molecule has 0 radical (unpaired) electrons. The van der Waals surface area contributed by atoms with E-state index >= 15 is 0 Å². The molecule has 0 fully saturated rings. The Kier molecular flexibility index (Phi) is 4.09. The van der Waals surface area contributed by atoms with Gasteiger partial charge in [0.2, 0.25) is 0 Å². The van der Waals surface area contributed by atoms with Gasteiger partial charge in [-0.05, 0) is 36.4 Å². The summed E-state index contributed by atoms with van der Waals surface area (Å²) in [6, 6.07) is 9.18. The molecule has 0 atom stereocenters. The Morgan fingerprint density at radius 1 is 1.05 bits per heavy atom. The molecule has 0 unspecified atom stereocenters. The van der Waals surface area contributed by atoms with E-state index in [0.29, 0.717) is 6.54 Å². The minimum Gasteiger partial charge on any atom is -0.316 e. The molecule has 5 heteroatoms. The minimum atomic E-state index is -4.43. The quantitative estimate of drug-likeness (QED) is 0.831. The second-order valence-corrected chi connectivity index (χ2v) is 4.42. The number of benzene rings is 2. The largest absolute Gasteiger partial charge is 0.416 e. The first-order valence-corrected chi connectivity index (χ1v) is 6.02. The zero-order chi connectivity index (χ0) is 14.8. The Bertz CT molecular complexity index is 605. The smallest absolute Gasteiger partial charge is 0.316 e. The van der Waals surface area contributed by atoms with Gasteiger partial charge in [0.15, 0.2) is 0 Å². The molecule has 20 heavy (non-hydrogen) atoms. The first-order valence-electron chi connectivity index (χ1n) is 6.02. The zero-order valence-electron chi connectivity index (χ0n) is 10.8. The van der Waals surface area contributed by atoms with Crippen LogP contribution in [0.25, 0.3) is 11.1 Å². The molecule has 106 valence electrons. The first kappa shape index (κ1) is 14.5. The summed E-state index contributed by atoms with van der Waals surface area (Å²) in [5.74, 6) is -0.530. The molecule has 0 saturated heterocycles. The van der Waals surface area contributed by atoms with Crippen molar-refractivity contribution in [3.05, 3.63) is 59.4 Å². The Morgan fingerprint density at radius 3 is 2.40 bits per heavy atom. The van der Waals surface area contributed by atoms with Gasteiger partial charge < -0.3 is 5.32 Å². The van der Waals surface area contributed by atoms with Crippen molar-refractivity contribution in [1.82, 2.24) is 5.32 Å². The molecule has 2 aromatic carbocycles. The fraction of sp³-hybridized carbons (Fsp3) is 0.200. The van der Waals surface area contributed by atoms with Crippen LogP contribution in [0.5, 0.6) is 0 Å². The van der Waals surface area contributed by atoms with E-state index in [9.17, 15) is 17.6 Å².